The lowest BCUT2D eigenvalue weighted by Crippen LogP contribution is -2.19. The van der Waals surface area contributed by atoms with E-state index in [0.717, 1.165) is 27.8 Å². The Morgan fingerprint density at radius 2 is 2.12 bits per heavy atom. The summed E-state index contributed by atoms with van der Waals surface area (Å²) in [6.45, 7) is 7.40. The first kappa shape index (κ1) is 11.5. The third-order valence-electron chi connectivity index (χ3n) is 2.22. The zero-order chi connectivity index (χ0) is 11.8. The number of aromatic nitrogens is 1. The zero-order valence-electron chi connectivity index (χ0n) is 9.67. The molecule has 1 aromatic carbocycles. The van der Waals surface area contributed by atoms with Gasteiger partial charge < -0.3 is 9.84 Å². The maximum atomic E-state index is 5.25. The fraction of sp³-hybridized carbons (Fsp3) is 0.417. The van der Waals surface area contributed by atoms with Crippen LogP contribution in [0, 0.1) is 5.41 Å². The van der Waals surface area contributed by atoms with Crippen LogP contribution in [0.2, 0.25) is 0 Å². The van der Waals surface area contributed by atoms with Gasteiger partial charge in [0.1, 0.15) is 0 Å². The summed E-state index contributed by atoms with van der Waals surface area (Å²) >= 11 is 3.40. The summed E-state index contributed by atoms with van der Waals surface area (Å²) < 4.78 is 6.25. The van der Waals surface area contributed by atoms with Crippen molar-refractivity contribution in [1.82, 2.24) is 5.16 Å². The summed E-state index contributed by atoms with van der Waals surface area (Å²) in [6, 6.07) is 5.91. The fourth-order valence-electron chi connectivity index (χ4n) is 1.39. The van der Waals surface area contributed by atoms with E-state index in [1.165, 1.54) is 0 Å². The zero-order valence-corrected chi connectivity index (χ0v) is 11.3. The predicted molar refractivity (Wildman–Crippen MR) is 69.7 cm³/mol. The van der Waals surface area contributed by atoms with Crippen LogP contribution >= 0.6 is 15.9 Å². The highest BCUT2D eigenvalue weighted by molar-refractivity contribution is 9.10. The van der Waals surface area contributed by atoms with E-state index in [2.05, 4.69) is 47.2 Å². The van der Waals surface area contributed by atoms with E-state index in [1.807, 2.05) is 18.2 Å². The average molecular weight is 283 g/mol. The Morgan fingerprint density at radius 3 is 2.81 bits per heavy atom. The molecule has 3 nitrogen and oxygen atoms in total. The second kappa shape index (κ2) is 4.09. The van der Waals surface area contributed by atoms with Crippen molar-refractivity contribution in [2.45, 2.75) is 20.8 Å². The molecule has 2 rings (SSSR count). The predicted octanol–water partition coefficient (Wildman–Crippen LogP) is 4.05. The van der Waals surface area contributed by atoms with Gasteiger partial charge in [-0.05, 0) is 23.6 Å². The number of benzene rings is 1. The van der Waals surface area contributed by atoms with Gasteiger partial charge in [0.15, 0.2) is 11.4 Å². The first-order chi connectivity index (χ1) is 7.46. The Morgan fingerprint density at radius 1 is 1.38 bits per heavy atom. The monoisotopic (exact) mass is 282 g/mol. The smallest absolute Gasteiger partial charge is 0.177 e. The molecule has 1 N–H and O–H groups in total. The minimum absolute atomic E-state index is 0.223. The molecule has 0 saturated carbocycles. The van der Waals surface area contributed by atoms with E-state index in [4.69, 9.17) is 4.52 Å². The van der Waals surface area contributed by atoms with Crippen molar-refractivity contribution in [3.63, 3.8) is 0 Å². The van der Waals surface area contributed by atoms with Crippen molar-refractivity contribution >= 4 is 32.7 Å². The molecule has 86 valence electrons. The van der Waals surface area contributed by atoms with Crippen LogP contribution in [0.3, 0.4) is 0 Å². The Kier molecular flexibility index (Phi) is 2.93. The quantitative estimate of drug-likeness (QED) is 0.903. The van der Waals surface area contributed by atoms with E-state index in [0.29, 0.717) is 0 Å². The van der Waals surface area contributed by atoms with Gasteiger partial charge in [0.05, 0.1) is 5.39 Å². The summed E-state index contributed by atoms with van der Waals surface area (Å²) in [5, 5.41) is 8.36. The molecule has 0 fully saturated rings. The minimum atomic E-state index is 0.223. The molecule has 0 amide bonds. The maximum absolute atomic E-state index is 5.25. The molecule has 1 heterocycles. The van der Waals surface area contributed by atoms with Crippen LogP contribution in [-0.4, -0.2) is 11.7 Å². The van der Waals surface area contributed by atoms with E-state index in [1.54, 1.807) is 0 Å². The highest BCUT2D eigenvalue weighted by Crippen LogP contribution is 2.26. The normalized spacial score (nSPS) is 12.0. The van der Waals surface area contributed by atoms with Crippen LogP contribution in [0.15, 0.2) is 27.2 Å². The van der Waals surface area contributed by atoms with Crippen LogP contribution in [0.25, 0.3) is 11.0 Å². The minimum Gasteiger partial charge on any atom is -0.366 e. The second-order valence-corrected chi connectivity index (χ2v) is 6.00. The average Bonchev–Trinajstić information content (AvgIpc) is 2.56. The van der Waals surface area contributed by atoms with Gasteiger partial charge in [-0.3, -0.25) is 0 Å². The molecule has 0 bridgehead atoms. The fourth-order valence-corrected chi connectivity index (χ4v) is 1.73. The number of anilines is 1. The molecule has 0 radical (unpaired) electrons. The molecule has 0 atom stereocenters. The summed E-state index contributed by atoms with van der Waals surface area (Å²) in [5.74, 6) is 0.817. The molecule has 16 heavy (non-hydrogen) atoms. The number of rotatable bonds is 2. The van der Waals surface area contributed by atoms with E-state index in [9.17, 15) is 0 Å². The lowest BCUT2D eigenvalue weighted by molar-refractivity contribution is 0.434. The largest absolute Gasteiger partial charge is 0.366 e. The lowest BCUT2D eigenvalue weighted by Gasteiger charge is -2.18. The molecular weight excluding hydrogens is 268 g/mol. The Balaban J connectivity index is 2.25. The second-order valence-electron chi connectivity index (χ2n) is 5.09. The van der Waals surface area contributed by atoms with Crippen molar-refractivity contribution in [3.8, 4) is 0 Å². The van der Waals surface area contributed by atoms with Crippen molar-refractivity contribution in [3.05, 3.63) is 22.7 Å². The molecule has 0 unspecified atom stereocenters. The molecule has 0 saturated heterocycles. The number of nitrogens with zero attached hydrogens (tertiary/aromatic N) is 1. The van der Waals surface area contributed by atoms with E-state index >= 15 is 0 Å². The van der Waals surface area contributed by atoms with Crippen LogP contribution in [-0.2, 0) is 0 Å². The van der Waals surface area contributed by atoms with Crippen molar-refractivity contribution in [2.75, 3.05) is 11.9 Å². The van der Waals surface area contributed by atoms with Gasteiger partial charge in [-0.15, -0.1) is 0 Å². The maximum Gasteiger partial charge on any atom is 0.177 e. The highest BCUT2D eigenvalue weighted by Gasteiger charge is 2.13. The van der Waals surface area contributed by atoms with Gasteiger partial charge in [0.2, 0.25) is 0 Å². The summed E-state index contributed by atoms with van der Waals surface area (Å²) in [6.07, 6.45) is 0. The van der Waals surface area contributed by atoms with Crippen LogP contribution in [0.1, 0.15) is 20.8 Å². The number of halogens is 1. The lowest BCUT2D eigenvalue weighted by atomic mass is 9.97. The molecule has 0 aliphatic carbocycles. The molecule has 2 aromatic rings. The van der Waals surface area contributed by atoms with Gasteiger partial charge in [-0.2, -0.15) is 0 Å². The first-order valence-electron chi connectivity index (χ1n) is 5.24. The van der Waals surface area contributed by atoms with Crippen LogP contribution < -0.4 is 5.32 Å². The third kappa shape index (κ3) is 2.55. The first-order valence-corrected chi connectivity index (χ1v) is 6.04. The van der Waals surface area contributed by atoms with E-state index in [-0.39, 0.29) is 5.41 Å². The third-order valence-corrected chi connectivity index (χ3v) is 2.71. The molecular formula is C12H15BrN2O. The standard InChI is InChI=1S/C12H15BrN2O/c1-12(2,3)7-14-11-9-5-4-8(13)6-10(9)16-15-11/h4-6H,7H2,1-3H3,(H,14,15). The number of hydrogen-bond acceptors (Lipinski definition) is 3. The van der Waals surface area contributed by atoms with Gasteiger partial charge in [0.25, 0.3) is 0 Å². The molecule has 0 aliphatic rings. The van der Waals surface area contributed by atoms with Gasteiger partial charge in [-0.1, -0.05) is 41.9 Å². The summed E-state index contributed by atoms with van der Waals surface area (Å²) in [5.41, 5.74) is 1.02. The summed E-state index contributed by atoms with van der Waals surface area (Å²) in [7, 11) is 0. The molecule has 0 aliphatic heterocycles. The van der Waals surface area contributed by atoms with E-state index < -0.39 is 0 Å². The van der Waals surface area contributed by atoms with Crippen molar-refractivity contribution < 1.29 is 4.52 Å². The van der Waals surface area contributed by atoms with Gasteiger partial charge in [-0.25, -0.2) is 0 Å². The topological polar surface area (TPSA) is 38.1 Å². The highest BCUT2D eigenvalue weighted by atomic mass is 79.9. The van der Waals surface area contributed by atoms with Crippen molar-refractivity contribution in [1.29, 1.82) is 0 Å². The number of nitrogens with one attached hydrogen (secondary N) is 1. The van der Waals surface area contributed by atoms with Crippen molar-refractivity contribution in [2.24, 2.45) is 5.41 Å². The van der Waals surface area contributed by atoms with Crippen LogP contribution in [0.5, 0.6) is 0 Å². The molecule has 4 heteroatoms. The summed E-state index contributed by atoms with van der Waals surface area (Å²) in [4.78, 5) is 0. The van der Waals surface area contributed by atoms with Gasteiger partial charge in [0, 0.05) is 11.0 Å². The Bertz CT molecular complexity index is 499. The number of hydrogen-bond donors (Lipinski definition) is 1. The molecule has 0 spiro atoms. The Hall–Kier alpha value is -1.03. The van der Waals surface area contributed by atoms with Crippen LogP contribution in [0.4, 0.5) is 5.82 Å². The molecule has 1 aromatic heterocycles. The number of fused-ring (bicyclic) bond motifs is 1. The SMILES string of the molecule is CC(C)(C)CNc1noc2cc(Br)ccc12. The van der Waals surface area contributed by atoms with Gasteiger partial charge >= 0.3 is 0 Å². The Labute approximate surface area is 103 Å².